The molecule has 8 nitrogen and oxygen atoms in total. The number of H-pyrrole nitrogens is 1. The van der Waals surface area contributed by atoms with Gasteiger partial charge < -0.3 is 10.1 Å². The van der Waals surface area contributed by atoms with E-state index in [4.69, 9.17) is 5.11 Å². The fraction of sp³-hybridized carbons (Fsp3) is 0.273. The smallest absolute Gasteiger partial charge is 0.335 e. The Morgan fingerprint density at radius 3 is 2.75 bits per heavy atom. The average Bonchev–Trinajstić information content (AvgIpc) is 2.71. The van der Waals surface area contributed by atoms with Gasteiger partial charge in [-0.15, -0.1) is 0 Å². The van der Waals surface area contributed by atoms with Gasteiger partial charge in [-0.05, 0) is 25.2 Å². The van der Waals surface area contributed by atoms with Crippen molar-refractivity contribution in [3.05, 3.63) is 34.2 Å². The molecule has 0 aliphatic carbocycles. The van der Waals surface area contributed by atoms with Crippen LogP contribution < -0.4 is 10.4 Å². The van der Waals surface area contributed by atoms with E-state index in [0.717, 1.165) is 0 Å². The van der Waals surface area contributed by atoms with Gasteiger partial charge in [0.05, 0.1) is 22.3 Å². The van der Waals surface area contributed by atoms with Crippen LogP contribution >= 0.6 is 0 Å². The summed E-state index contributed by atoms with van der Waals surface area (Å²) in [6, 6.07) is 4.17. The Kier molecular flexibility index (Phi) is 3.64. The fourth-order valence-corrected chi connectivity index (χ4v) is 2.46. The number of rotatable bonds is 5. The van der Waals surface area contributed by atoms with E-state index in [-0.39, 0.29) is 17.9 Å². The third-order valence-electron chi connectivity index (χ3n) is 2.92. The quantitative estimate of drug-likeness (QED) is 0.692. The van der Waals surface area contributed by atoms with Crippen LogP contribution in [0.5, 0.6) is 0 Å². The number of nitrogens with one attached hydrogen (secondary N) is 2. The van der Waals surface area contributed by atoms with Crippen LogP contribution in [0.1, 0.15) is 10.4 Å². The highest BCUT2D eigenvalue weighted by atomic mass is 32.2. The molecule has 0 saturated heterocycles. The number of hydrogen-bond donors (Lipinski definition) is 3. The van der Waals surface area contributed by atoms with E-state index < -0.39 is 21.7 Å². The van der Waals surface area contributed by atoms with Crippen molar-refractivity contribution >= 4 is 27.0 Å². The zero-order chi connectivity index (χ0) is 14.9. The maximum Gasteiger partial charge on any atom is 0.335 e. The summed E-state index contributed by atoms with van der Waals surface area (Å²) in [5.74, 6) is -1.34. The van der Waals surface area contributed by atoms with Crippen LogP contribution in [0.15, 0.2) is 23.0 Å². The van der Waals surface area contributed by atoms with Gasteiger partial charge in [0, 0.05) is 6.54 Å². The first-order valence-corrected chi connectivity index (χ1v) is 7.36. The van der Waals surface area contributed by atoms with E-state index in [1.807, 2.05) is 0 Å². The van der Waals surface area contributed by atoms with E-state index >= 15 is 0 Å². The molecule has 2 aromatic rings. The third-order valence-corrected chi connectivity index (χ3v) is 4.26. The predicted octanol–water partition coefficient (Wildman–Crippen LogP) is -0.423. The van der Waals surface area contributed by atoms with E-state index in [9.17, 15) is 18.0 Å². The van der Waals surface area contributed by atoms with Crippen molar-refractivity contribution in [3.63, 3.8) is 0 Å². The highest BCUT2D eigenvalue weighted by Gasteiger charge is 2.13. The Bertz CT molecular complexity index is 818. The lowest BCUT2D eigenvalue weighted by atomic mass is 10.2. The van der Waals surface area contributed by atoms with E-state index in [0.29, 0.717) is 11.0 Å². The molecule has 0 aliphatic heterocycles. The Morgan fingerprint density at radius 1 is 1.45 bits per heavy atom. The zero-order valence-corrected chi connectivity index (χ0v) is 11.4. The van der Waals surface area contributed by atoms with Gasteiger partial charge in [-0.2, -0.15) is 0 Å². The van der Waals surface area contributed by atoms with Crippen LogP contribution in [0.2, 0.25) is 0 Å². The van der Waals surface area contributed by atoms with Crippen molar-refractivity contribution in [1.29, 1.82) is 0 Å². The molecule has 20 heavy (non-hydrogen) atoms. The van der Waals surface area contributed by atoms with Crippen LogP contribution in [0.3, 0.4) is 0 Å². The topological polar surface area (TPSA) is 121 Å². The van der Waals surface area contributed by atoms with Gasteiger partial charge in [-0.25, -0.2) is 22.7 Å². The molecule has 0 bridgehead atoms. The average molecular weight is 299 g/mol. The number of hydrogen-bond acceptors (Lipinski definition) is 4. The molecule has 0 saturated carbocycles. The number of carboxylic acids is 1. The maximum atomic E-state index is 11.8. The summed E-state index contributed by atoms with van der Waals surface area (Å²) in [7, 11) is -2.12. The molecule has 1 aromatic carbocycles. The summed E-state index contributed by atoms with van der Waals surface area (Å²) >= 11 is 0. The summed E-state index contributed by atoms with van der Waals surface area (Å²) in [5, 5.41) is 8.88. The van der Waals surface area contributed by atoms with Crippen molar-refractivity contribution in [2.24, 2.45) is 0 Å². The van der Waals surface area contributed by atoms with Gasteiger partial charge >= 0.3 is 11.7 Å². The minimum absolute atomic E-state index is 0.0194. The molecule has 2 rings (SSSR count). The van der Waals surface area contributed by atoms with Crippen LogP contribution in [-0.2, 0) is 16.6 Å². The van der Waals surface area contributed by atoms with Crippen molar-refractivity contribution in [2.45, 2.75) is 6.54 Å². The number of carboxylic acid groups (broad SMARTS) is 1. The van der Waals surface area contributed by atoms with Gasteiger partial charge in [0.1, 0.15) is 0 Å². The number of aromatic amines is 1. The molecule has 0 aliphatic rings. The Labute approximate surface area is 114 Å². The summed E-state index contributed by atoms with van der Waals surface area (Å²) in [6.07, 6.45) is 0. The van der Waals surface area contributed by atoms with Gasteiger partial charge in [-0.3, -0.25) is 4.57 Å². The molecule has 0 radical (unpaired) electrons. The van der Waals surface area contributed by atoms with E-state index in [1.165, 1.54) is 29.8 Å². The third kappa shape index (κ3) is 2.73. The number of carbonyl (C=O) groups is 1. The molecule has 0 fully saturated rings. The summed E-state index contributed by atoms with van der Waals surface area (Å²) < 4.78 is 26.2. The van der Waals surface area contributed by atoms with Gasteiger partial charge in [-0.1, -0.05) is 0 Å². The standard InChI is InChI=1S/C11H13N3O5S/c1-12-20(18,19)5-4-14-9-3-2-7(10(15)16)6-8(9)13-11(14)17/h2-3,6,12H,4-5H2,1H3,(H,13,17)(H,15,16). The highest BCUT2D eigenvalue weighted by Crippen LogP contribution is 2.13. The fourth-order valence-electron chi connectivity index (χ4n) is 1.83. The lowest BCUT2D eigenvalue weighted by molar-refractivity contribution is 0.0697. The second-order valence-electron chi connectivity index (χ2n) is 4.14. The van der Waals surface area contributed by atoms with E-state index in [2.05, 4.69) is 9.71 Å². The number of aromatic carboxylic acids is 1. The van der Waals surface area contributed by atoms with Gasteiger partial charge in [0.15, 0.2) is 0 Å². The molecule has 0 unspecified atom stereocenters. The molecule has 0 spiro atoms. The van der Waals surface area contributed by atoms with Crippen LogP contribution in [-0.4, -0.2) is 41.8 Å². The molecule has 0 atom stereocenters. The minimum atomic E-state index is -3.42. The predicted molar refractivity (Wildman–Crippen MR) is 72.4 cm³/mol. The number of aromatic nitrogens is 2. The van der Waals surface area contributed by atoms with Gasteiger partial charge in [0.2, 0.25) is 10.0 Å². The Hall–Kier alpha value is -2.13. The second-order valence-corrected chi connectivity index (χ2v) is 6.19. The van der Waals surface area contributed by atoms with Crippen molar-refractivity contribution in [3.8, 4) is 0 Å². The SMILES string of the molecule is CNS(=O)(=O)CCn1c(=O)[nH]c2cc(C(=O)O)ccc21. The first-order valence-electron chi connectivity index (χ1n) is 5.71. The molecule has 9 heteroatoms. The number of fused-ring (bicyclic) bond motifs is 1. The molecular weight excluding hydrogens is 286 g/mol. The summed E-state index contributed by atoms with van der Waals surface area (Å²) in [4.78, 5) is 25.1. The second kappa shape index (κ2) is 5.10. The van der Waals surface area contributed by atoms with E-state index in [1.54, 1.807) is 0 Å². The lowest BCUT2D eigenvalue weighted by Crippen LogP contribution is -2.27. The molecule has 1 aromatic heterocycles. The highest BCUT2D eigenvalue weighted by molar-refractivity contribution is 7.89. The molecular formula is C11H13N3O5S. The maximum absolute atomic E-state index is 11.8. The molecule has 3 N–H and O–H groups in total. The number of sulfonamides is 1. The van der Waals surface area contributed by atoms with Crippen LogP contribution in [0.4, 0.5) is 0 Å². The zero-order valence-electron chi connectivity index (χ0n) is 10.6. The monoisotopic (exact) mass is 299 g/mol. The number of imidazole rings is 1. The summed E-state index contributed by atoms with van der Waals surface area (Å²) in [5.41, 5.74) is 0.394. The minimum Gasteiger partial charge on any atom is -0.478 e. The number of benzene rings is 1. The molecule has 0 amide bonds. The normalized spacial score (nSPS) is 11.8. The summed E-state index contributed by atoms with van der Waals surface area (Å²) in [6.45, 7) is -0.0194. The molecule has 1 heterocycles. The van der Waals surface area contributed by atoms with Crippen LogP contribution in [0, 0.1) is 0 Å². The van der Waals surface area contributed by atoms with Crippen LogP contribution in [0.25, 0.3) is 11.0 Å². The largest absolute Gasteiger partial charge is 0.478 e. The first kappa shape index (κ1) is 14.3. The Morgan fingerprint density at radius 2 is 2.15 bits per heavy atom. The van der Waals surface area contributed by atoms with Gasteiger partial charge in [0.25, 0.3) is 0 Å². The lowest BCUT2D eigenvalue weighted by Gasteiger charge is -2.04. The first-order chi connectivity index (χ1) is 9.34. The molecule has 108 valence electrons. The van der Waals surface area contributed by atoms with Crippen molar-refractivity contribution < 1.29 is 18.3 Å². The van der Waals surface area contributed by atoms with Crippen molar-refractivity contribution in [1.82, 2.24) is 14.3 Å². The van der Waals surface area contributed by atoms with Crippen molar-refractivity contribution in [2.75, 3.05) is 12.8 Å². The number of nitrogens with zero attached hydrogens (tertiary/aromatic N) is 1. The number of aryl methyl sites for hydroxylation is 1. The Balaban J connectivity index is 2.42.